The standard InChI is InChI=1S/C31H6F15/c32-17-14(18(33)24(39)29(44)23(17)38)10-1-7-2-11(15-19(34)25(40)30(45)26(41)20(15)35)5-9-6-12(4-8(3-10)13(7)9)16-21(36)27(42)31(46)28(43)22(16)37/h1-6H. The van der Waals surface area contributed by atoms with Gasteiger partial charge in [-0.15, -0.1) is 0 Å². The largest absolute Gasteiger partial charge is 0.203 e. The maximum Gasteiger partial charge on any atom is 0.200 e. The predicted molar refractivity (Wildman–Crippen MR) is 132 cm³/mol. The molecular formula is C31H6F15. The van der Waals surface area contributed by atoms with Gasteiger partial charge in [-0.05, 0) is 68.9 Å². The van der Waals surface area contributed by atoms with Crippen molar-refractivity contribution in [1.82, 2.24) is 0 Å². The van der Waals surface area contributed by atoms with Crippen LogP contribution in [0, 0.1) is 93.7 Å². The van der Waals surface area contributed by atoms with Crippen molar-refractivity contribution in [3.05, 3.63) is 135 Å². The first-order valence-electron chi connectivity index (χ1n) is 12.3. The van der Waals surface area contributed by atoms with Crippen molar-refractivity contribution in [2.45, 2.75) is 0 Å². The maximum atomic E-state index is 14.8. The molecule has 0 heterocycles. The molecule has 0 aliphatic heterocycles. The highest BCUT2D eigenvalue weighted by Crippen LogP contribution is 2.45. The second-order valence-electron chi connectivity index (χ2n) is 9.81. The molecule has 5 aromatic rings. The van der Waals surface area contributed by atoms with Crippen LogP contribution in [-0.4, -0.2) is 0 Å². The molecule has 0 saturated carbocycles. The highest BCUT2D eigenvalue weighted by Gasteiger charge is 2.33. The molecule has 235 valence electrons. The van der Waals surface area contributed by atoms with Gasteiger partial charge in [0, 0.05) is 6.42 Å². The molecule has 0 saturated heterocycles. The van der Waals surface area contributed by atoms with E-state index in [-0.39, 0.29) is 5.39 Å². The normalized spacial score (nSPS) is 12.7. The number of benzene rings is 5. The maximum absolute atomic E-state index is 14.8. The van der Waals surface area contributed by atoms with Gasteiger partial charge in [0.25, 0.3) is 0 Å². The van der Waals surface area contributed by atoms with Crippen molar-refractivity contribution in [2.24, 2.45) is 0 Å². The lowest BCUT2D eigenvalue weighted by atomic mass is 9.82. The molecule has 0 spiro atoms. The molecule has 0 bridgehead atoms. The van der Waals surface area contributed by atoms with E-state index in [0.29, 0.717) is 36.8 Å². The second kappa shape index (κ2) is 10.6. The van der Waals surface area contributed by atoms with Gasteiger partial charge in [-0.25, -0.2) is 65.9 Å². The van der Waals surface area contributed by atoms with Gasteiger partial charge < -0.3 is 0 Å². The van der Waals surface area contributed by atoms with Gasteiger partial charge in [0.1, 0.15) is 0 Å². The molecule has 1 aliphatic rings. The monoisotopic (exact) mass is 663 g/mol. The Hall–Kier alpha value is -4.95. The average molecular weight is 663 g/mol. The first-order valence-corrected chi connectivity index (χ1v) is 12.3. The van der Waals surface area contributed by atoms with Crippen LogP contribution in [0.3, 0.4) is 0 Å². The number of rotatable bonds is 3. The third-order valence-corrected chi connectivity index (χ3v) is 7.23. The highest BCUT2D eigenvalue weighted by molar-refractivity contribution is 6.08. The molecule has 0 fully saturated rings. The van der Waals surface area contributed by atoms with Crippen molar-refractivity contribution in [1.29, 1.82) is 0 Å². The van der Waals surface area contributed by atoms with Gasteiger partial charge in [0.05, 0.1) is 16.7 Å². The van der Waals surface area contributed by atoms with E-state index in [1.54, 1.807) is 0 Å². The van der Waals surface area contributed by atoms with Crippen LogP contribution in [-0.2, 0) is 0 Å². The molecule has 0 nitrogen and oxygen atoms in total. The van der Waals surface area contributed by atoms with Crippen LogP contribution in [0.1, 0.15) is 16.7 Å². The molecule has 46 heavy (non-hydrogen) atoms. The highest BCUT2D eigenvalue weighted by atomic mass is 19.2. The minimum atomic E-state index is -2.54. The molecule has 1 aliphatic carbocycles. The van der Waals surface area contributed by atoms with E-state index in [1.807, 2.05) is 0 Å². The van der Waals surface area contributed by atoms with E-state index < -0.39 is 137 Å². The minimum Gasteiger partial charge on any atom is -0.203 e. The molecule has 15 heteroatoms. The first kappa shape index (κ1) is 31.0. The summed E-state index contributed by atoms with van der Waals surface area (Å²) in [7, 11) is 0. The van der Waals surface area contributed by atoms with Gasteiger partial charge in [-0.2, -0.15) is 0 Å². The van der Waals surface area contributed by atoms with Crippen LogP contribution in [0.15, 0.2) is 24.3 Å². The van der Waals surface area contributed by atoms with Gasteiger partial charge in [-0.3, -0.25) is 0 Å². The quantitative estimate of drug-likeness (QED) is 0.102. The van der Waals surface area contributed by atoms with Crippen LogP contribution in [0.5, 0.6) is 0 Å². The topological polar surface area (TPSA) is 0 Å². The van der Waals surface area contributed by atoms with Gasteiger partial charge in [0.2, 0.25) is 17.5 Å². The molecule has 6 rings (SSSR count). The number of allylic oxidation sites excluding steroid dienone is 1. The van der Waals surface area contributed by atoms with E-state index in [2.05, 4.69) is 0 Å². The van der Waals surface area contributed by atoms with Crippen LogP contribution in [0.25, 0.3) is 44.7 Å². The van der Waals surface area contributed by atoms with Crippen molar-refractivity contribution in [2.75, 3.05) is 0 Å². The van der Waals surface area contributed by atoms with Gasteiger partial charge in [-0.1, -0.05) is 0 Å². The first-order chi connectivity index (χ1) is 21.6. The molecule has 0 aromatic heterocycles. The van der Waals surface area contributed by atoms with Gasteiger partial charge >= 0.3 is 0 Å². The third kappa shape index (κ3) is 4.27. The molecule has 5 aromatic carbocycles. The Morgan fingerprint density at radius 1 is 0.304 bits per heavy atom. The lowest BCUT2D eigenvalue weighted by Crippen LogP contribution is -2.09. The lowest BCUT2D eigenvalue weighted by molar-refractivity contribution is 0.376. The van der Waals surface area contributed by atoms with Crippen molar-refractivity contribution >= 4 is 22.4 Å². The van der Waals surface area contributed by atoms with Crippen molar-refractivity contribution in [3.63, 3.8) is 0 Å². The summed E-state index contributed by atoms with van der Waals surface area (Å²) >= 11 is 0. The summed E-state index contributed by atoms with van der Waals surface area (Å²) in [6.45, 7) is 0. The Kier molecular flexibility index (Phi) is 7.13. The Bertz CT molecular complexity index is 2140. The predicted octanol–water partition coefficient (Wildman–Crippen LogP) is 10.4. The van der Waals surface area contributed by atoms with Crippen molar-refractivity contribution < 1.29 is 65.9 Å². The molecule has 0 unspecified atom stereocenters. The zero-order valence-corrected chi connectivity index (χ0v) is 21.6. The molecule has 0 N–H and O–H groups in total. The molecular weight excluding hydrogens is 657 g/mol. The van der Waals surface area contributed by atoms with Crippen LogP contribution in [0.2, 0.25) is 0 Å². The molecule has 0 amide bonds. The number of hydrogen-bond donors (Lipinski definition) is 0. The van der Waals surface area contributed by atoms with Crippen LogP contribution < -0.4 is 0 Å². The lowest BCUT2D eigenvalue weighted by Gasteiger charge is -2.22. The van der Waals surface area contributed by atoms with E-state index >= 15 is 0 Å². The summed E-state index contributed by atoms with van der Waals surface area (Å²) < 4.78 is 214. The Labute approximate surface area is 245 Å². The van der Waals surface area contributed by atoms with E-state index in [4.69, 9.17) is 0 Å². The summed E-state index contributed by atoms with van der Waals surface area (Å²) in [5.41, 5.74) is -8.16. The summed E-state index contributed by atoms with van der Waals surface area (Å²) in [4.78, 5) is 0. The fraction of sp³-hybridized carbons (Fsp3) is 0. The van der Waals surface area contributed by atoms with Crippen molar-refractivity contribution in [3.8, 4) is 22.3 Å². The smallest absolute Gasteiger partial charge is 0.200 e. The number of halogens is 15. The number of hydrogen-bond acceptors (Lipinski definition) is 0. The van der Waals surface area contributed by atoms with Crippen LogP contribution >= 0.6 is 0 Å². The molecule has 1 radical (unpaired) electrons. The minimum absolute atomic E-state index is 0.159. The van der Waals surface area contributed by atoms with Crippen LogP contribution in [0.4, 0.5) is 65.9 Å². The summed E-state index contributed by atoms with van der Waals surface area (Å²) in [5.74, 6) is -36.2. The fourth-order valence-corrected chi connectivity index (χ4v) is 5.20. The summed E-state index contributed by atoms with van der Waals surface area (Å²) in [5, 5.41) is -0.579. The zero-order chi connectivity index (χ0) is 33.7. The van der Waals surface area contributed by atoms with Gasteiger partial charge in [0.15, 0.2) is 69.8 Å². The summed E-state index contributed by atoms with van der Waals surface area (Å²) in [6, 6.07) is 2.84. The van der Waals surface area contributed by atoms with E-state index in [1.165, 1.54) is 0 Å². The SMILES string of the molecule is Fc1c(F)c(F)c(C2=Cc3cc(-c4c(F)c(F)c(F)c(F)c4F)cc4cc(-c5c(F)c(F)c(F)c(F)c5F)cc(c34)[CH]2)c(F)c1F. The van der Waals surface area contributed by atoms with E-state index in [9.17, 15) is 65.9 Å². The molecule has 0 atom stereocenters. The third-order valence-electron chi connectivity index (χ3n) is 7.23. The second-order valence-corrected chi connectivity index (χ2v) is 9.81. The Morgan fingerprint density at radius 2 is 0.609 bits per heavy atom. The Morgan fingerprint density at radius 3 is 0.978 bits per heavy atom. The summed E-state index contributed by atoms with van der Waals surface area (Å²) in [6.07, 6.45) is 1.42. The zero-order valence-electron chi connectivity index (χ0n) is 21.6. The fourth-order valence-electron chi connectivity index (χ4n) is 5.20. The average Bonchev–Trinajstić information content (AvgIpc) is 3.02. The van der Waals surface area contributed by atoms with E-state index in [0.717, 1.165) is 0 Å². The Balaban J connectivity index is 1.74.